The highest BCUT2D eigenvalue weighted by atomic mass is 16.5. The fraction of sp³-hybridized carbons (Fsp3) is 1.00. The van der Waals surface area contributed by atoms with Crippen LogP contribution < -0.4 is 0 Å². The van der Waals surface area contributed by atoms with Crippen LogP contribution >= 0.6 is 0 Å². The zero-order valence-corrected chi connectivity index (χ0v) is 12.7. The van der Waals surface area contributed by atoms with Gasteiger partial charge in [0.05, 0.1) is 0 Å². The molecule has 0 unspecified atom stereocenters. The fourth-order valence-corrected chi connectivity index (χ4v) is 1.96. The molecular formula is C16H34O2. The summed E-state index contributed by atoms with van der Waals surface area (Å²) in [6.07, 6.45) is 13.0. The van der Waals surface area contributed by atoms with E-state index in [0.29, 0.717) is 0 Å². The van der Waals surface area contributed by atoms with E-state index < -0.39 is 0 Å². The van der Waals surface area contributed by atoms with E-state index in [1.807, 2.05) is 0 Å². The third kappa shape index (κ3) is 15.9. The summed E-state index contributed by atoms with van der Waals surface area (Å²) in [6.45, 7) is 8.10. The van der Waals surface area contributed by atoms with Crippen LogP contribution in [-0.2, 0) is 9.47 Å². The summed E-state index contributed by atoms with van der Waals surface area (Å²) in [5, 5.41) is 0. The molecule has 110 valence electrons. The largest absolute Gasteiger partial charge is 0.381 e. The highest BCUT2D eigenvalue weighted by Gasteiger charge is 1.93. The van der Waals surface area contributed by atoms with Gasteiger partial charge in [0.1, 0.15) is 0 Å². The smallest absolute Gasteiger partial charge is 0.0466 e. The number of hydrogen-bond donors (Lipinski definition) is 0. The minimum absolute atomic E-state index is 0.931. The Morgan fingerprint density at radius 1 is 0.444 bits per heavy atom. The number of unbranched alkanes of at least 4 members (excludes halogenated alkanes) is 7. The van der Waals surface area contributed by atoms with Crippen LogP contribution in [0, 0.1) is 0 Å². The molecule has 0 rings (SSSR count). The van der Waals surface area contributed by atoms with E-state index in [1.54, 1.807) is 0 Å². The molecule has 0 bridgehead atoms. The fourth-order valence-electron chi connectivity index (χ4n) is 1.96. The third-order valence-electron chi connectivity index (χ3n) is 3.02. The Labute approximate surface area is 114 Å². The molecule has 2 heteroatoms. The van der Waals surface area contributed by atoms with Gasteiger partial charge >= 0.3 is 0 Å². The number of rotatable bonds is 15. The molecule has 2 nitrogen and oxygen atoms in total. The van der Waals surface area contributed by atoms with Crippen molar-refractivity contribution < 1.29 is 9.47 Å². The summed E-state index contributed by atoms with van der Waals surface area (Å²) in [6, 6.07) is 0. The third-order valence-corrected chi connectivity index (χ3v) is 3.02. The lowest BCUT2D eigenvalue weighted by Crippen LogP contribution is -1.96. The molecule has 0 N–H and O–H groups in total. The monoisotopic (exact) mass is 258 g/mol. The molecule has 0 aromatic carbocycles. The van der Waals surface area contributed by atoms with E-state index in [1.165, 1.54) is 51.4 Å². The maximum absolute atomic E-state index is 5.46. The first kappa shape index (κ1) is 17.9. The first-order valence-electron chi connectivity index (χ1n) is 8.07. The van der Waals surface area contributed by atoms with E-state index >= 15 is 0 Å². The molecule has 0 saturated carbocycles. The Balaban J connectivity index is 2.86. The molecule has 0 aromatic heterocycles. The predicted octanol–water partition coefficient (Wildman–Crippen LogP) is 4.96. The Morgan fingerprint density at radius 3 is 1.11 bits per heavy atom. The maximum atomic E-state index is 5.46. The maximum Gasteiger partial charge on any atom is 0.0466 e. The summed E-state index contributed by atoms with van der Waals surface area (Å²) < 4.78 is 10.9. The van der Waals surface area contributed by atoms with Crippen molar-refractivity contribution in [2.45, 2.75) is 78.1 Å². The van der Waals surface area contributed by atoms with Crippen LogP contribution in [-0.4, -0.2) is 26.4 Å². The van der Waals surface area contributed by atoms with Crippen LogP contribution in [0.2, 0.25) is 0 Å². The van der Waals surface area contributed by atoms with Gasteiger partial charge in [-0.25, -0.2) is 0 Å². The summed E-state index contributed by atoms with van der Waals surface area (Å²) in [4.78, 5) is 0. The quantitative estimate of drug-likeness (QED) is 0.386. The Bertz CT molecular complexity index is 121. The highest BCUT2D eigenvalue weighted by molar-refractivity contribution is 4.47. The van der Waals surface area contributed by atoms with Crippen LogP contribution in [0.1, 0.15) is 78.1 Å². The zero-order chi connectivity index (χ0) is 13.3. The van der Waals surface area contributed by atoms with Crippen LogP contribution in [0.4, 0.5) is 0 Å². The predicted molar refractivity (Wildman–Crippen MR) is 79.2 cm³/mol. The van der Waals surface area contributed by atoms with Gasteiger partial charge in [-0.2, -0.15) is 0 Å². The van der Waals surface area contributed by atoms with Crippen molar-refractivity contribution >= 4 is 0 Å². The molecule has 0 fully saturated rings. The lowest BCUT2D eigenvalue weighted by Gasteiger charge is -2.04. The zero-order valence-electron chi connectivity index (χ0n) is 12.7. The van der Waals surface area contributed by atoms with E-state index in [2.05, 4.69) is 13.8 Å². The lowest BCUT2D eigenvalue weighted by atomic mass is 10.1. The summed E-state index contributed by atoms with van der Waals surface area (Å²) >= 11 is 0. The second kappa shape index (κ2) is 16.9. The first-order valence-corrected chi connectivity index (χ1v) is 8.07. The molecule has 0 amide bonds. The normalized spacial score (nSPS) is 11.0. The topological polar surface area (TPSA) is 18.5 Å². The average molecular weight is 258 g/mol. The summed E-state index contributed by atoms with van der Waals surface area (Å²) in [7, 11) is 0. The van der Waals surface area contributed by atoms with Gasteiger partial charge in [-0.05, 0) is 25.7 Å². The van der Waals surface area contributed by atoms with Crippen LogP contribution in [0.25, 0.3) is 0 Å². The lowest BCUT2D eigenvalue weighted by molar-refractivity contribution is 0.129. The van der Waals surface area contributed by atoms with E-state index in [0.717, 1.165) is 39.3 Å². The molecular weight excluding hydrogens is 224 g/mol. The van der Waals surface area contributed by atoms with Gasteiger partial charge in [0.2, 0.25) is 0 Å². The first-order chi connectivity index (χ1) is 8.91. The molecule has 0 aromatic rings. The summed E-state index contributed by atoms with van der Waals surface area (Å²) in [5.41, 5.74) is 0. The molecule has 0 aliphatic heterocycles. The average Bonchev–Trinajstić information content (AvgIpc) is 2.39. The molecule has 0 radical (unpaired) electrons. The molecule has 0 spiro atoms. The molecule has 0 heterocycles. The van der Waals surface area contributed by atoms with Crippen LogP contribution in [0.5, 0.6) is 0 Å². The molecule has 18 heavy (non-hydrogen) atoms. The minimum atomic E-state index is 0.931. The van der Waals surface area contributed by atoms with Crippen molar-refractivity contribution in [3.05, 3.63) is 0 Å². The van der Waals surface area contributed by atoms with Crippen molar-refractivity contribution in [1.29, 1.82) is 0 Å². The molecule has 0 atom stereocenters. The van der Waals surface area contributed by atoms with Gasteiger partial charge in [0, 0.05) is 26.4 Å². The number of ether oxygens (including phenoxy) is 2. The second-order valence-corrected chi connectivity index (χ2v) is 5.05. The second-order valence-electron chi connectivity index (χ2n) is 5.05. The molecule has 0 aliphatic carbocycles. The van der Waals surface area contributed by atoms with Crippen molar-refractivity contribution in [2.75, 3.05) is 26.4 Å². The van der Waals surface area contributed by atoms with Crippen molar-refractivity contribution in [1.82, 2.24) is 0 Å². The van der Waals surface area contributed by atoms with E-state index in [-0.39, 0.29) is 0 Å². The number of hydrogen-bond acceptors (Lipinski definition) is 2. The Hall–Kier alpha value is -0.0800. The Morgan fingerprint density at radius 2 is 0.778 bits per heavy atom. The van der Waals surface area contributed by atoms with Crippen molar-refractivity contribution in [3.8, 4) is 0 Å². The van der Waals surface area contributed by atoms with Gasteiger partial charge in [-0.15, -0.1) is 0 Å². The molecule has 0 saturated heterocycles. The Kier molecular flexibility index (Phi) is 16.8. The van der Waals surface area contributed by atoms with Crippen LogP contribution in [0.3, 0.4) is 0 Å². The standard InChI is InChI=1S/C16H34O2/c1-3-13-17-15-11-9-7-5-6-8-10-12-16-18-14-4-2/h3-16H2,1-2H3. The molecule has 0 aliphatic rings. The van der Waals surface area contributed by atoms with Crippen LogP contribution in [0.15, 0.2) is 0 Å². The van der Waals surface area contributed by atoms with Gasteiger partial charge < -0.3 is 9.47 Å². The SMILES string of the molecule is CCCOCCCCCCCCCCOCCC. The summed E-state index contributed by atoms with van der Waals surface area (Å²) in [5.74, 6) is 0. The van der Waals surface area contributed by atoms with Gasteiger partial charge in [-0.3, -0.25) is 0 Å². The van der Waals surface area contributed by atoms with Gasteiger partial charge in [0.15, 0.2) is 0 Å². The minimum Gasteiger partial charge on any atom is -0.381 e. The van der Waals surface area contributed by atoms with E-state index in [4.69, 9.17) is 9.47 Å². The van der Waals surface area contributed by atoms with Gasteiger partial charge in [-0.1, -0.05) is 52.4 Å². The van der Waals surface area contributed by atoms with Crippen molar-refractivity contribution in [2.24, 2.45) is 0 Å². The van der Waals surface area contributed by atoms with Crippen molar-refractivity contribution in [3.63, 3.8) is 0 Å². The van der Waals surface area contributed by atoms with Gasteiger partial charge in [0.25, 0.3) is 0 Å². The highest BCUT2D eigenvalue weighted by Crippen LogP contribution is 2.08. The van der Waals surface area contributed by atoms with E-state index in [9.17, 15) is 0 Å².